The molecule has 0 unspecified atom stereocenters. The number of carbonyl (C=O) groups is 6. The van der Waals surface area contributed by atoms with Crippen LogP contribution in [0.15, 0.2) is 54.6 Å². The molecule has 298 valence electrons. The molecule has 6 atom stereocenters. The van der Waals surface area contributed by atoms with Crippen LogP contribution in [0.5, 0.6) is 0 Å². The van der Waals surface area contributed by atoms with E-state index in [0.717, 1.165) is 16.7 Å². The lowest BCUT2D eigenvalue weighted by Gasteiger charge is -2.30. The van der Waals surface area contributed by atoms with Gasteiger partial charge in [0.05, 0.1) is 6.42 Å². The van der Waals surface area contributed by atoms with Crippen molar-refractivity contribution in [1.82, 2.24) is 26.6 Å². The fourth-order valence-corrected chi connectivity index (χ4v) is 5.87. The molecule has 5 amide bonds. The van der Waals surface area contributed by atoms with E-state index < -0.39 is 53.9 Å². The number of carbonyl (C=O) groups excluding carboxylic acids is 5. The van der Waals surface area contributed by atoms with Gasteiger partial charge in [0.25, 0.3) is 0 Å². The van der Waals surface area contributed by atoms with Gasteiger partial charge in [-0.25, -0.2) is 4.79 Å². The van der Waals surface area contributed by atoms with E-state index in [0.29, 0.717) is 32.2 Å². The van der Waals surface area contributed by atoms with Crippen molar-refractivity contribution in [1.29, 1.82) is 0 Å². The number of carboxylic acids is 1. The highest BCUT2D eigenvalue weighted by molar-refractivity contribution is 5.91. The Labute approximate surface area is 320 Å². The zero-order valence-corrected chi connectivity index (χ0v) is 32.9. The number of carboxylic acid groups (broad SMARTS) is 1. The molecule has 2 rings (SSSR count). The van der Waals surface area contributed by atoms with Gasteiger partial charge < -0.3 is 37.4 Å². The summed E-state index contributed by atoms with van der Waals surface area (Å²) in [4.78, 5) is 77.2. The van der Waals surface area contributed by atoms with Crippen LogP contribution in [0.1, 0.15) is 90.3 Å². The second kappa shape index (κ2) is 23.1. The first kappa shape index (κ1) is 45.4. The molecule has 13 heteroatoms. The van der Waals surface area contributed by atoms with E-state index in [2.05, 4.69) is 26.6 Å². The number of hydrogen-bond acceptors (Lipinski definition) is 7. The molecule has 0 aliphatic carbocycles. The van der Waals surface area contributed by atoms with Crippen LogP contribution in [0.3, 0.4) is 0 Å². The third kappa shape index (κ3) is 16.1. The first-order valence-corrected chi connectivity index (χ1v) is 19.1. The number of amides is 5. The van der Waals surface area contributed by atoms with Crippen molar-refractivity contribution in [2.75, 3.05) is 6.54 Å². The van der Waals surface area contributed by atoms with Gasteiger partial charge in [-0.1, -0.05) is 108 Å². The minimum atomic E-state index is -1.17. The normalized spacial score (nSPS) is 14.6. The van der Waals surface area contributed by atoms with Gasteiger partial charge in [-0.15, -0.1) is 0 Å². The molecule has 0 bridgehead atoms. The van der Waals surface area contributed by atoms with Crippen molar-refractivity contribution in [3.05, 3.63) is 71.3 Å². The average Bonchev–Trinajstić information content (AvgIpc) is 3.11. The molecule has 0 saturated heterocycles. The fraction of sp³-hybridized carbons (Fsp3) is 0.561. The number of rotatable bonds is 23. The van der Waals surface area contributed by atoms with Crippen molar-refractivity contribution in [3.63, 3.8) is 0 Å². The van der Waals surface area contributed by atoms with E-state index in [1.54, 1.807) is 20.8 Å². The van der Waals surface area contributed by atoms with E-state index >= 15 is 0 Å². The van der Waals surface area contributed by atoms with Crippen molar-refractivity contribution < 1.29 is 33.9 Å². The number of aliphatic carboxylic acids is 1. The lowest BCUT2D eigenvalue weighted by atomic mass is 9.94. The van der Waals surface area contributed by atoms with Crippen molar-refractivity contribution in [3.8, 4) is 0 Å². The molecule has 8 N–H and O–H groups in total. The third-order valence-corrected chi connectivity index (χ3v) is 9.51. The van der Waals surface area contributed by atoms with E-state index in [-0.39, 0.29) is 48.8 Å². The van der Waals surface area contributed by atoms with Crippen molar-refractivity contribution in [2.45, 2.75) is 124 Å². The Balaban J connectivity index is 2.03. The van der Waals surface area contributed by atoms with Crippen LogP contribution in [-0.4, -0.2) is 77.4 Å². The summed E-state index contributed by atoms with van der Waals surface area (Å²) >= 11 is 0. The highest BCUT2D eigenvalue weighted by Gasteiger charge is 2.33. The molecule has 0 aliphatic rings. The van der Waals surface area contributed by atoms with Gasteiger partial charge in [-0.05, 0) is 55.1 Å². The molecule has 2 aromatic rings. The summed E-state index contributed by atoms with van der Waals surface area (Å²) in [5, 5.41) is 23.6. The lowest BCUT2D eigenvalue weighted by Crippen LogP contribution is -2.58. The molecule has 0 heterocycles. The lowest BCUT2D eigenvalue weighted by molar-refractivity contribution is -0.143. The van der Waals surface area contributed by atoms with Gasteiger partial charge >= 0.3 is 5.97 Å². The highest BCUT2D eigenvalue weighted by atomic mass is 16.4. The standard InChI is InChI=1S/C41H62N6O7/c1-8-28(7)38(40(52)47-37(26(4)5)41(53)54)46-35(50)24-31(42)32(22-29-14-10-9-11-15-29)44-39(51)36(25(2)3)45-33(48)16-12-13-21-43-34(49)23-30-19-17-27(6)18-20-30/h9-11,14-15,17-20,25-26,28,31-32,36-38H,8,12-13,16,21-24,42H2,1-7H3,(H,43,49)(H,44,51)(H,45,48)(H,46,50)(H,47,52)(H,53,54)/t28-,31-,32-,36-,37-,38-/m0/s1. The maximum atomic E-state index is 13.7. The Morgan fingerprint density at radius 3 is 1.85 bits per heavy atom. The predicted octanol–water partition coefficient (Wildman–Crippen LogP) is 3.17. The molecule has 0 aliphatic heterocycles. The molecule has 54 heavy (non-hydrogen) atoms. The second-order valence-corrected chi connectivity index (χ2v) is 14.9. The Hall–Kier alpha value is -4.78. The van der Waals surface area contributed by atoms with E-state index in [1.165, 1.54) is 0 Å². The SMILES string of the molecule is CC[C@H](C)[C@H](NC(=O)C[C@H](N)[C@H](Cc1ccccc1)NC(=O)[C@@H](NC(=O)CCCCNC(=O)Cc1ccc(C)cc1)C(C)C)C(=O)N[C@H](C(=O)O)C(C)C. The number of benzene rings is 2. The largest absolute Gasteiger partial charge is 0.480 e. The van der Waals surface area contributed by atoms with Gasteiger partial charge in [-0.3, -0.25) is 24.0 Å². The van der Waals surface area contributed by atoms with Crippen LogP contribution in [0.2, 0.25) is 0 Å². The second-order valence-electron chi connectivity index (χ2n) is 14.9. The monoisotopic (exact) mass is 750 g/mol. The summed E-state index contributed by atoms with van der Waals surface area (Å²) in [5.41, 5.74) is 9.54. The number of hydrogen-bond donors (Lipinski definition) is 7. The fourth-order valence-electron chi connectivity index (χ4n) is 5.87. The Morgan fingerprint density at radius 2 is 1.28 bits per heavy atom. The average molecular weight is 751 g/mol. The smallest absolute Gasteiger partial charge is 0.326 e. The van der Waals surface area contributed by atoms with Crippen LogP contribution in [0.25, 0.3) is 0 Å². The van der Waals surface area contributed by atoms with Gasteiger partial charge in [0.1, 0.15) is 18.1 Å². The molecule has 0 saturated carbocycles. The molecular formula is C41H62N6O7. The number of unbranched alkanes of at least 4 members (excludes halogenated alkanes) is 1. The summed E-state index contributed by atoms with van der Waals surface area (Å²) in [6.45, 7) is 13.1. The summed E-state index contributed by atoms with van der Waals surface area (Å²) in [6.07, 6.45) is 2.19. The van der Waals surface area contributed by atoms with Crippen LogP contribution >= 0.6 is 0 Å². The summed E-state index contributed by atoms with van der Waals surface area (Å²) in [5.74, 6) is -4.04. The first-order chi connectivity index (χ1) is 25.5. The van der Waals surface area contributed by atoms with E-state index in [1.807, 2.05) is 82.3 Å². The molecule has 2 aromatic carbocycles. The van der Waals surface area contributed by atoms with Crippen molar-refractivity contribution >= 4 is 35.5 Å². The number of nitrogens with two attached hydrogens (primary N) is 1. The van der Waals surface area contributed by atoms with Gasteiger partial charge in [-0.2, -0.15) is 0 Å². The quantitative estimate of drug-likeness (QED) is 0.0838. The predicted molar refractivity (Wildman–Crippen MR) is 209 cm³/mol. The summed E-state index contributed by atoms with van der Waals surface area (Å²) in [7, 11) is 0. The topological polar surface area (TPSA) is 209 Å². The number of aryl methyl sites for hydroxylation is 1. The maximum Gasteiger partial charge on any atom is 0.326 e. The molecule has 0 fully saturated rings. The molecular weight excluding hydrogens is 688 g/mol. The third-order valence-electron chi connectivity index (χ3n) is 9.51. The maximum absolute atomic E-state index is 13.7. The van der Waals surface area contributed by atoms with Gasteiger partial charge in [0.15, 0.2) is 0 Å². The van der Waals surface area contributed by atoms with Crippen LogP contribution in [0.4, 0.5) is 0 Å². The van der Waals surface area contributed by atoms with Gasteiger partial charge in [0.2, 0.25) is 29.5 Å². The Morgan fingerprint density at radius 1 is 0.685 bits per heavy atom. The van der Waals surface area contributed by atoms with E-state index in [9.17, 15) is 33.9 Å². The minimum absolute atomic E-state index is 0.0862. The van der Waals surface area contributed by atoms with Crippen LogP contribution in [0, 0.1) is 24.7 Å². The van der Waals surface area contributed by atoms with Crippen molar-refractivity contribution in [2.24, 2.45) is 23.5 Å². The Kier molecular flexibility index (Phi) is 19.4. The molecule has 0 spiro atoms. The van der Waals surface area contributed by atoms with Gasteiger partial charge in [0, 0.05) is 31.5 Å². The van der Waals surface area contributed by atoms with E-state index in [4.69, 9.17) is 5.73 Å². The Bertz CT molecular complexity index is 1520. The molecule has 13 nitrogen and oxygen atoms in total. The minimum Gasteiger partial charge on any atom is -0.480 e. The zero-order valence-electron chi connectivity index (χ0n) is 32.9. The first-order valence-electron chi connectivity index (χ1n) is 19.1. The van der Waals surface area contributed by atoms with Crippen LogP contribution < -0.4 is 32.3 Å². The summed E-state index contributed by atoms with van der Waals surface area (Å²) < 4.78 is 0. The highest BCUT2D eigenvalue weighted by Crippen LogP contribution is 2.14. The summed E-state index contributed by atoms with van der Waals surface area (Å²) in [6, 6.07) is 12.6. The zero-order chi connectivity index (χ0) is 40.4. The molecule has 0 radical (unpaired) electrons. The van der Waals surface area contributed by atoms with Crippen LogP contribution in [-0.2, 0) is 41.6 Å². The molecule has 0 aromatic heterocycles. The number of nitrogens with one attached hydrogen (secondary N) is 5.